The normalized spacial score (nSPS) is 10.7. The van der Waals surface area contributed by atoms with Gasteiger partial charge in [0.15, 0.2) is 5.13 Å². The monoisotopic (exact) mass is 363 g/mol. The van der Waals surface area contributed by atoms with Crippen molar-refractivity contribution in [2.45, 2.75) is 38.6 Å². The van der Waals surface area contributed by atoms with Crippen molar-refractivity contribution in [2.24, 2.45) is 0 Å². The van der Waals surface area contributed by atoms with E-state index < -0.39 is 0 Å². The Kier molecular flexibility index (Phi) is 6.39. The highest BCUT2D eigenvalue weighted by molar-refractivity contribution is 8.00. The van der Waals surface area contributed by atoms with Crippen LogP contribution >= 0.6 is 23.1 Å². The fourth-order valence-corrected chi connectivity index (χ4v) is 3.65. The van der Waals surface area contributed by atoms with Crippen LogP contribution in [0.15, 0.2) is 29.2 Å². The molecule has 0 aliphatic rings. The zero-order valence-corrected chi connectivity index (χ0v) is 15.8. The van der Waals surface area contributed by atoms with Gasteiger partial charge in [0, 0.05) is 15.8 Å². The van der Waals surface area contributed by atoms with Crippen molar-refractivity contribution in [3.05, 3.63) is 40.4 Å². The van der Waals surface area contributed by atoms with Crippen molar-refractivity contribution < 1.29 is 9.59 Å². The first-order valence-corrected chi connectivity index (χ1v) is 9.43. The van der Waals surface area contributed by atoms with E-state index in [-0.39, 0.29) is 23.6 Å². The van der Waals surface area contributed by atoms with Gasteiger partial charge in [0.05, 0.1) is 17.0 Å². The second-order valence-corrected chi connectivity index (χ2v) is 7.84. The fraction of sp³-hybridized carbons (Fsp3) is 0.353. The molecule has 7 heteroatoms. The van der Waals surface area contributed by atoms with E-state index in [9.17, 15) is 9.59 Å². The maximum atomic E-state index is 12.5. The molecule has 128 valence electrons. The van der Waals surface area contributed by atoms with E-state index in [2.05, 4.69) is 15.6 Å². The topological polar surface area (TPSA) is 71.1 Å². The largest absolute Gasteiger partial charge is 0.353 e. The van der Waals surface area contributed by atoms with Gasteiger partial charge in [0.1, 0.15) is 0 Å². The Hall–Kier alpha value is -1.86. The molecule has 0 saturated heterocycles. The summed E-state index contributed by atoms with van der Waals surface area (Å²) in [5.74, 6) is 0.0188. The lowest BCUT2D eigenvalue weighted by molar-refractivity contribution is -0.119. The van der Waals surface area contributed by atoms with Crippen LogP contribution in [0, 0.1) is 13.8 Å². The number of carbonyl (C=O) groups excluding carboxylic acids is 2. The molecule has 0 bridgehead atoms. The highest BCUT2D eigenvalue weighted by Gasteiger charge is 2.15. The Labute approximate surface area is 150 Å². The number of anilines is 1. The molecular formula is C17H21N3O2S2. The maximum Gasteiger partial charge on any atom is 0.258 e. The van der Waals surface area contributed by atoms with Crippen LogP contribution in [0.1, 0.15) is 34.8 Å². The SMILES string of the molecule is Cc1nc(NC(=O)c2ccccc2SCC(=O)NC(C)C)sc1C. The smallest absolute Gasteiger partial charge is 0.258 e. The van der Waals surface area contributed by atoms with E-state index in [1.807, 2.05) is 45.9 Å². The molecule has 24 heavy (non-hydrogen) atoms. The van der Waals surface area contributed by atoms with Gasteiger partial charge in [0.2, 0.25) is 5.91 Å². The first kappa shape index (κ1) is 18.5. The molecule has 2 aromatic rings. The highest BCUT2D eigenvalue weighted by atomic mass is 32.2. The van der Waals surface area contributed by atoms with Crippen molar-refractivity contribution >= 4 is 40.0 Å². The number of benzene rings is 1. The Balaban J connectivity index is 2.07. The number of thioether (sulfide) groups is 1. The van der Waals surface area contributed by atoms with Gasteiger partial charge in [-0.1, -0.05) is 12.1 Å². The van der Waals surface area contributed by atoms with Gasteiger partial charge in [-0.2, -0.15) is 0 Å². The predicted molar refractivity (Wildman–Crippen MR) is 100.0 cm³/mol. The zero-order valence-electron chi connectivity index (χ0n) is 14.2. The number of aromatic nitrogens is 1. The second kappa shape index (κ2) is 8.30. The third-order valence-electron chi connectivity index (χ3n) is 3.19. The van der Waals surface area contributed by atoms with Gasteiger partial charge in [-0.05, 0) is 39.8 Å². The third-order valence-corrected chi connectivity index (χ3v) is 5.25. The minimum Gasteiger partial charge on any atom is -0.353 e. The van der Waals surface area contributed by atoms with E-state index in [0.717, 1.165) is 15.5 Å². The zero-order chi connectivity index (χ0) is 17.7. The van der Waals surface area contributed by atoms with Gasteiger partial charge in [-0.25, -0.2) is 4.98 Å². The van der Waals surface area contributed by atoms with Crippen LogP contribution in [0.2, 0.25) is 0 Å². The molecule has 0 aliphatic heterocycles. The molecule has 2 N–H and O–H groups in total. The van der Waals surface area contributed by atoms with Crippen LogP contribution in [-0.2, 0) is 4.79 Å². The van der Waals surface area contributed by atoms with Crippen molar-refractivity contribution in [1.82, 2.24) is 10.3 Å². The average Bonchev–Trinajstić information content (AvgIpc) is 2.82. The summed E-state index contributed by atoms with van der Waals surface area (Å²) in [4.78, 5) is 30.5. The summed E-state index contributed by atoms with van der Waals surface area (Å²) >= 11 is 2.81. The minimum absolute atomic E-state index is 0.0450. The Bertz CT molecular complexity index is 722. The lowest BCUT2D eigenvalue weighted by Crippen LogP contribution is -2.31. The van der Waals surface area contributed by atoms with Crippen LogP contribution in [0.4, 0.5) is 5.13 Å². The minimum atomic E-state index is -0.212. The molecule has 1 aromatic carbocycles. The molecule has 0 spiro atoms. The second-order valence-electron chi connectivity index (χ2n) is 5.62. The summed E-state index contributed by atoms with van der Waals surface area (Å²) in [7, 11) is 0. The third kappa shape index (κ3) is 5.07. The Morgan fingerprint density at radius 2 is 1.96 bits per heavy atom. The van der Waals surface area contributed by atoms with Crippen molar-refractivity contribution in [3.8, 4) is 0 Å². The first-order chi connectivity index (χ1) is 11.4. The summed E-state index contributed by atoms with van der Waals surface area (Å²) in [5, 5.41) is 6.27. The molecule has 2 rings (SSSR count). The molecule has 1 heterocycles. The summed E-state index contributed by atoms with van der Waals surface area (Å²) in [6.45, 7) is 7.72. The molecule has 0 aliphatic carbocycles. The van der Waals surface area contributed by atoms with E-state index in [4.69, 9.17) is 0 Å². The predicted octanol–water partition coefficient (Wildman–Crippen LogP) is 3.63. The molecule has 0 unspecified atom stereocenters. The molecule has 2 amide bonds. The average molecular weight is 364 g/mol. The fourth-order valence-electron chi connectivity index (χ4n) is 1.98. The number of nitrogens with zero attached hydrogens (tertiary/aromatic N) is 1. The van der Waals surface area contributed by atoms with Crippen LogP contribution in [0.25, 0.3) is 0 Å². The van der Waals surface area contributed by atoms with E-state index >= 15 is 0 Å². The van der Waals surface area contributed by atoms with Gasteiger partial charge in [-0.15, -0.1) is 23.1 Å². The van der Waals surface area contributed by atoms with Gasteiger partial charge >= 0.3 is 0 Å². The van der Waals surface area contributed by atoms with Crippen molar-refractivity contribution in [2.75, 3.05) is 11.1 Å². The Morgan fingerprint density at radius 1 is 1.25 bits per heavy atom. The molecule has 5 nitrogen and oxygen atoms in total. The molecule has 0 saturated carbocycles. The number of rotatable bonds is 6. The molecule has 0 radical (unpaired) electrons. The maximum absolute atomic E-state index is 12.5. The molecular weight excluding hydrogens is 342 g/mol. The van der Waals surface area contributed by atoms with Gasteiger partial charge in [0.25, 0.3) is 5.91 Å². The summed E-state index contributed by atoms with van der Waals surface area (Å²) < 4.78 is 0. The lowest BCUT2D eigenvalue weighted by Gasteiger charge is -2.10. The Morgan fingerprint density at radius 3 is 2.58 bits per heavy atom. The number of nitrogens with one attached hydrogen (secondary N) is 2. The van der Waals surface area contributed by atoms with Crippen LogP contribution in [0.5, 0.6) is 0 Å². The summed E-state index contributed by atoms with van der Waals surface area (Å²) in [6, 6.07) is 7.38. The summed E-state index contributed by atoms with van der Waals surface area (Å²) in [6.07, 6.45) is 0. The van der Waals surface area contributed by atoms with Gasteiger partial charge in [-0.3, -0.25) is 14.9 Å². The lowest BCUT2D eigenvalue weighted by atomic mass is 10.2. The van der Waals surface area contributed by atoms with Crippen LogP contribution in [0.3, 0.4) is 0 Å². The summed E-state index contributed by atoms with van der Waals surface area (Å²) in [5.41, 5.74) is 1.47. The number of amides is 2. The van der Waals surface area contributed by atoms with Crippen LogP contribution < -0.4 is 10.6 Å². The molecule has 0 atom stereocenters. The van der Waals surface area contributed by atoms with Crippen LogP contribution in [-0.4, -0.2) is 28.6 Å². The number of carbonyl (C=O) groups is 2. The number of thiazole rings is 1. The standard InChI is InChI=1S/C17H21N3O2S2/c1-10(2)18-15(21)9-23-14-8-6-5-7-13(14)16(22)20-17-19-11(3)12(4)24-17/h5-8,10H,9H2,1-4H3,(H,18,21)(H,19,20,22). The van der Waals surface area contributed by atoms with Crippen molar-refractivity contribution in [3.63, 3.8) is 0 Å². The number of hydrogen-bond donors (Lipinski definition) is 2. The van der Waals surface area contributed by atoms with E-state index in [1.165, 1.54) is 23.1 Å². The quantitative estimate of drug-likeness (QED) is 0.769. The molecule has 0 fully saturated rings. The van der Waals surface area contributed by atoms with E-state index in [1.54, 1.807) is 6.07 Å². The molecule has 1 aromatic heterocycles. The number of aryl methyl sites for hydroxylation is 2. The number of hydrogen-bond acceptors (Lipinski definition) is 5. The highest BCUT2D eigenvalue weighted by Crippen LogP contribution is 2.25. The first-order valence-electron chi connectivity index (χ1n) is 7.63. The van der Waals surface area contributed by atoms with E-state index in [0.29, 0.717) is 10.7 Å². The van der Waals surface area contributed by atoms with Crippen molar-refractivity contribution in [1.29, 1.82) is 0 Å². The van der Waals surface area contributed by atoms with Gasteiger partial charge < -0.3 is 5.32 Å².